The van der Waals surface area contributed by atoms with Crippen LogP contribution in [-0.2, 0) is 4.79 Å². The minimum atomic E-state index is 0.0831. The van der Waals surface area contributed by atoms with E-state index in [1.807, 2.05) is 13.0 Å². The minimum absolute atomic E-state index is 0.0831. The molecule has 0 bridgehead atoms. The van der Waals surface area contributed by atoms with Crippen LogP contribution < -0.4 is 5.32 Å². The van der Waals surface area contributed by atoms with Crippen molar-refractivity contribution in [3.8, 4) is 0 Å². The van der Waals surface area contributed by atoms with Crippen molar-refractivity contribution in [2.75, 3.05) is 0 Å². The molecule has 0 rings (SSSR count). The van der Waals surface area contributed by atoms with Crippen molar-refractivity contribution in [2.24, 2.45) is 5.92 Å². The summed E-state index contributed by atoms with van der Waals surface area (Å²) in [6, 6.07) is 0. The molecule has 0 spiro atoms. The number of hydrogen-bond acceptors (Lipinski definition) is 1. The van der Waals surface area contributed by atoms with Crippen LogP contribution in [-0.4, -0.2) is 5.91 Å². The molecule has 1 N–H and O–H groups in total. The van der Waals surface area contributed by atoms with E-state index in [9.17, 15) is 4.79 Å². The Bertz CT molecular complexity index is 163. The zero-order valence-electron chi connectivity index (χ0n) is 8.97. The number of amides is 1. The zero-order valence-corrected chi connectivity index (χ0v) is 8.97. The van der Waals surface area contributed by atoms with Crippen molar-refractivity contribution in [2.45, 2.75) is 46.5 Å². The maximum atomic E-state index is 10.8. The molecule has 0 heterocycles. The van der Waals surface area contributed by atoms with Gasteiger partial charge in [-0.05, 0) is 25.0 Å². The van der Waals surface area contributed by atoms with Crippen LogP contribution >= 0.6 is 0 Å². The molecule has 0 aromatic carbocycles. The normalized spacial score (nSPS) is 13.2. The molecule has 76 valence electrons. The lowest BCUT2D eigenvalue weighted by Crippen LogP contribution is -2.14. The molecule has 0 radical (unpaired) electrons. The first-order valence-electron chi connectivity index (χ1n) is 5.15. The molecular formula is C11H21NO. The first kappa shape index (κ1) is 12.2. The first-order valence-corrected chi connectivity index (χ1v) is 5.15. The predicted molar refractivity (Wildman–Crippen MR) is 56.3 cm³/mol. The molecule has 13 heavy (non-hydrogen) atoms. The van der Waals surface area contributed by atoms with E-state index in [0.29, 0.717) is 6.42 Å². The predicted octanol–water partition coefficient (Wildman–Crippen LogP) is 2.85. The Balaban J connectivity index is 3.36. The fourth-order valence-corrected chi connectivity index (χ4v) is 0.922. The lowest BCUT2D eigenvalue weighted by molar-refractivity contribution is -0.119. The van der Waals surface area contributed by atoms with Crippen LogP contribution in [0.5, 0.6) is 0 Å². The van der Waals surface area contributed by atoms with E-state index in [4.69, 9.17) is 0 Å². The van der Waals surface area contributed by atoms with Crippen LogP contribution in [0.15, 0.2) is 12.3 Å². The van der Waals surface area contributed by atoms with Gasteiger partial charge in [0.05, 0.1) is 0 Å². The zero-order chi connectivity index (χ0) is 10.1. The summed E-state index contributed by atoms with van der Waals surface area (Å²) in [5.74, 6) is 0.867. The third-order valence-corrected chi connectivity index (χ3v) is 2.21. The molecule has 0 saturated heterocycles. The molecule has 0 saturated carbocycles. The fraction of sp³-hybridized carbons (Fsp3) is 0.727. The van der Waals surface area contributed by atoms with Gasteiger partial charge in [-0.1, -0.05) is 33.3 Å². The van der Waals surface area contributed by atoms with E-state index in [2.05, 4.69) is 19.2 Å². The van der Waals surface area contributed by atoms with Gasteiger partial charge in [-0.25, -0.2) is 0 Å². The third kappa shape index (κ3) is 7.57. The van der Waals surface area contributed by atoms with Gasteiger partial charge in [0.2, 0.25) is 5.91 Å². The van der Waals surface area contributed by atoms with E-state index in [-0.39, 0.29) is 5.91 Å². The van der Waals surface area contributed by atoms with Crippen molar-refractivity contribution < 1.29 is 4.79 Å². The summed E-state index contributed by atoms with van der Waals surface area (Å²) in [7, 11) is 0. The van der Waals surface area contributed by atoms with Crippen LogP contribution in [0.4, 0.5) is 0 Å². The second-order valence-electron chi connectivity index (χ2n) is 3.41. The Hall–Kier alpha value is -0.790. The molecule has 0 aromatic rings. The monoisotopic (exact) mass is 183 g/mol. The topological polar surface area (TPSA) is 29.1 Å². The number of nitrogens with one attached hydrogen (secondary N) is 1. The van der Waals surface area contributed by atoms with E-state index < -0.39 is 0 Å². The van der Waals surface area contributed by atoms with Crippen molar-refractivity contribution in [1.82, 2.24) is 5.32 Å². The molecule has 2 heteroatoms. The van der Waals surface area contributed by atoms with Gasteiger partial charge >= 0.3 is 0 Å². The van der Waals surface area contributed by atoms with E-state index in [1.54, 1.807) is 6.20 Å². The smallest absolute Gasteiger partial charge is 0.223 e. The summed E-state index contributed by atoms with van der Waals surface area (Å²) in [6.07, 6.45) is 7.83. The Kier molecular flexibility index (Phi) is 7.36. The van der Waals surface area contributed by atoms with Crippen LogP contribution in [0, 0.1) is 5.92 Å². The quantitative estimate of drug-likeness (QED) is 0.674. The summed E-state index contributed by atoms with van der Waals surface area (Å²) in [5, 5.41) is 2.70. The number of carbonyl (C=O) groups is 1. The van der Waals surface area contributed by atoms with Crippen molar-refractivity contribution >= 4 is 5.91 Å². The van der Waals surface area contributed by atoms with Crippen molar-refractivity contribution in [1.29, 1.82) is 0 Å². The second-order valence-corrected chi connectivity index (χ2v) is 3.41. The lowest BCUT2D eigenvalue weighted by Gasteiger charge is -2.04. The fourth-order valence-electron chi connectivity index (χ4n) is 0.922. The van der Waals surface area contributed by atoms with Gasteiger partial charge in [-0.3, -0.25) is 4.79 Å². The van der Waals surface area contributed by atoms with E-state index in [0.717, 1.165) is 12.3 Å². The maximum Gasteiger partial charge on any atom is 0.223 e. The summed E-state index contributed by atoms with van der Waals surface area (Å²) < 4.78 is 0. The van der Waals surface area contributed by atoms with Crippen LogP contribution in [0.3, 0.4) is 0 Å². The Morgan fingerprint density at radius 3 is 2.69 bits per heavy atom. The number of rotatable bonds is 6. The van der Waals surface area contributed by atoms with Crippen LogP contribution in [0.2, 0.25) is 0 Å². The van der Waals surface area contributed by atoms with Gasteiger partial charge in [0.25, 0.3) is 0 Å². The molecular weight excluding hydrogens is 162 g/mol. The lowest BCUT2D eigenvalue weighted by atomic mass is 10.0. The highest BCUT2D eigenvalue weighted by molar-refractivity contribution is 5.76. The van der Waals surface area contributed by atoms with Gasteiger partial charge in [-0.2, -0.15) is 0 Å². The number of carbonyl (C=O) groups excluding carboxylic acids is 1. The molecule has 1 atom stereocenters. The molecule has 0 aliphatic heterocycles. The molecule has 1 unspecified atom stereocenters. The Labute approximate surface area is 81.4 Å². The molecule has 0 aliphatic rings. The van der Waals surface area contributed by atoms with E-state index in [1.165, 1.54) is 12.8 Å². The average molecular weight is 183 g/mol. The highest BCUT2D eigenvalue weighted by Crippen LogP contribution is 2.08. The third-order valence-electron chi connectivity index (χ3n) is 2.21. The highest BCUT2D eigenvalue weighted by atomic mass is 16.1. The summed E-state index contributed by atoms with van der Waals surface area (Å²) in [5.41, 5.74) is 0. The summed E-state index contributed by atoms with van der Waals surface area (Å²) in [4.78, 5) is 10.8. The molecule has 0 aliphatic carbocycles. The SMILES string of the molecule is CCC(=O)NC=CCCC(C)CC. The van der Waals surface area contributed by atoms with Gasteiger partial charge in [0.1, 0.15) is 0 Å². The van der Waals surface area contributed by atoms with Crippen molar-refractivity contribution in [3.63, 3.8) is 0 Å². The van der Waals surface area contributed by atoms with Crippen LogP contribution in [0.25, 0.3) is 0 Å². The maximum absolute atomic E-state index is 10.8. The minimum Gasteiger partial charge on any atom is -0.333 e. The summed E-state index contributed by atoms with van der Waals surface area (Å²) in [6.45, 7) is 6.30. The van der Waals surface area contributed by atoms with Gasteiger partial charge in [0.15, 0.2) is 0 Å². The molecule has 2 nitrogen and oxygen atoms in total. The van der Waals surface area contributed by atoms with E-state index >= 15 is 0 Å². The van der Waals surface area contributed by atoms with Gasteiger partial charge in [0, 0.05) is 6.42 Å². The first-order chi connectivity index (χ1) is 6.20. The van der Waals surface area contributed by atoms with Gasteiger partial charge in [-0.15, -0.1) is 0 Å². The van der Waals surface area contributed by atoms with Crippen LogP contribution in [0.1, 0.15) is 46.5 Å². The standard InChI is InChI=1S/C11H21NO/c1-4-10(3)8-6-7-9-12-11(13)5-2/h7,9-10H,4-6,8H2,1-3H3,(H,12,13). The Morgan fingerprint density at radius 1 is 1.46 bits per heavy atom. The second kappa shape index (κ2) is 7.84. The largest absolute Gasteiger partial charge is 0.333 e. The Morgan fingerprint density at radius 2 is 2.15 bits per heavy atom. The van der Waals surface area contributed by atoms with Gasteiger partial charge < -0.3 is 5.32 Å². The molecule has 1 amide bonds. The summed E-state index contributed by atoms with van der Waals surface area (Å²) >= 11 is 0. The number of hydrogen-bond donors (Lipinski definition) is 1. The average Bonchev–Trinajstić information content (AvgIpc) is 2.16. The molecule has 0 fully saturated rings. The highest BCUT2D eigenvalue weighted by Gasteiger charge is 1.95. The van der Waals surface area contributed by atoms with Crippen molar-refractivity contribution in [3.05, 3.63) is 12.3 Å². The molecule has 0 aromatic heterocycles. The number of allylic oxidation sites excluding steroid dienone is 1.